The summed E-state index contributed by atoms with van der Waals surface area (Å²) >= 11 is 14.5. The lowest BCUT2D eigenvalue weighted by molar-refractivity contribution is -0.144. The molecule has 184 valence electrons. The molecule has 0 saturated heterocycles. The SMILES string of the molecule is CCOCCCN(CC(=O)N1CCc2sccc2C1c1ccc(Cl)cc1Cl)C(=O)C1CCCC1. The van der Waals surface area contributed by atoms with Crippen molar-refractivity contribution in [1.29, 1.82) is 0 Å². The molecule has 1 fully saturated rings. The number of halogens is 2. The van der Waals surface area contributed by atoms with Gasteiger partial charge in [0.15, 0.2) is 0 Å². The Kier molecular flexibility index (Phi) is 8.92. The maximum atomic E-state index is 13.7. The van der Waals surface area contributed by atoms with E-state index in [0.717, 1.165) is 49.7 Å². The molecule has 1 aromatic heterocycles. The maximum Gasteiger partial charge on any atom is 0.242 e. The number of carbonyl (C=O) groups is 2. The molecular weight excluding hydrogens is 491 g/mol. The smallest absolute Gasteiger partial charge is 0.242 e. The number of hydrogen-bond acceptors (Lipinski definition) is 4. The second kappa shape index (κ2) is 11.9. The Hall–Kier alpha value is -1.60. The van der Waals surface area contributed by atoms with Crippen molar-refractivity contribution < 1.29 is 14.3 Å². The van der Waals surface area contributed by atoms with Gasteiger partial charge in [-0.15, -0.1) is 11.3 Å². The topological polar surface area (TPSA) is 49.9 Å². The molecule has 2 aliphatic rings. The quantitative estimate of drug-likeness (QED) is 0.381. The Balaban J connectivity index is 1.57. The van der Waals surface area contributed by atoms with Crippen LogP contribution in [0.4, 0.5) is 0 Å². The van der Waals surface area contributed by atoms with Gasteiger partial charge in [0.2, 0.25) is 11.8 Å². The summed E-state index contributed by atoms with van der Waals surface area (Å²) in [4.78, 5) is 32.0. The fraction of sp³-hybridized carbons (Fsp3) is 0.538. The normalized spacial score (nSPS) is 18.2. The van der Waals surface area contributed by atoms with Gasteiger partial charge >= 0.3 is 0 Å². The highest BCUT2D eigenvalue weighted by Gasteiger charge is 2.36. The second-order valence-corrected chi connectivity index (χ2v) is 10.8. The monoisotopic (exact) mass is 522 g/mol. The summed E-state index contributed by atoms with van der Waals surface area (Å²) in [5.74, 6) is 0.0958. The van der Waals surface area contributed by atoms with E-state index in [4.69, 9.17) is 27.9 Å². The largest absolute Gasteiger partial charge is 0.382 e. The summed E-state index contributed by atoms with van der Waals surface area (Å²) in [6, 6.07) is 7.25. The van der Waals surface area contributed by atoms with Crippen molar-refractivity contribution in [1.82, 2.24) is 9.80 Å². The van der Waals surface area contributed by atoms with Gasteiger partial charge in [-0.2, -0.15) is 0 Å². The summed E-state index contributed by atoms with van der Waals surface area (Å²) in [6.45, 7) is 4.41. The van der Waals surface area contributed by atoms with Crippen LogP contribution in [0.2, 0.25) is 10.0 Å². The minimum Gasteiger partial charge on any atom is -0.382 e. The highest BCUT2D eigenvalue weighted by atomic mass is 35.5. The lowest BCUT2D eigenvalue weighted by atomic mass is 9.93. The Morgan fingerprint density at radius 1 is 1.18 bits per heavy atom. The van der Waals surface area contributed by atoms with Crippen molar-refractivity contribution in [2.75, 3.05) is 32.8 Å². The summed E-state index contributed by atoms with van der Waals surface area (Å²) < 4.78 is 5.48. The third-order valence-corrected chi connectivity index (χ3v) is 8.37. The Bertz CT molecular complexity index is 1010. The predicted molar refractivity (Wildman–Crippen MR) is 138 cm³/mol. The van der Waals surface area contributed by atoms with Crippen molar-refractivity contribution in [2.24, 2.45) is 5.92 Å². The van der Waals surface area contributed by atoms with E-state index in [1.807, 2.05) is 24.0 Å². The molecule has 2 aromatic rings. The number of benzene rings is 1. The number of amides is 2. The van der Waals surface area contributed by atoms with Gasteiger partial charge in [-0.05, 0) is 67.3 Å². The summed E-state index contributed by atoms with van der Waals surface area (Å²) in [6.07, 6.45) is 5.53. The molecule has 8 heteroatoms. The third-order valence-electron chi connectivity index (χ3n) is 6.81. The molecule has 1 aromatic carbocycles. The van der Waals surface area contributed by atoms with Crippen molar-refractivity contribution in [3.63, 3.8) is 0 Å². The second-order valence-electron chi connectivity index (χ2n) is 9.00. The zero-order chi connectivity index (χ0) is 24.1. The van der Waals surface area contributed by atoms with Gasteiger partial charge in [0.1, 0.15) is 0 Å². The van der Waals surface area contributed by atoms with Gasteiger partial charge in [-0.1, -0.05) is 42.1 Å². The molecule has 5 nitrogen and oxygen atoms in total. The van der Waals surface area contributed by atoms with Crippen LogP contribution in [0.5, 0.6) is 0 Å². The molecule has 2 heterocycles. The van der Waals surface area contributed by atoms with Gasteiger partial charge in [-0.25, -0.2) is 0 Å². The first-order chi connectivity index (χ1) is 16.5. The molecule has 2 amide bonds. The zero-order valence-corrected chi connectivity index (χ0v) is 21.9. The van der Waals surface area contributed by atoms with Crippen molar-refractivity contribution in [2.45, 2.75) is 51.5 Å². The van der Waals surface area contributed by atoms with Gasteiger partial charge < -0.3 is 14.5 Å². The number of thiophene rings is 1. The van der Waals surface area contributed by atoms with Gasteiger partial charge in [0.25, 0.3) is 0 Å². The zero-order valence-electron chi connectivity index (χ0n) is 19.6. The lowest BCUT2D eigenvalue weighted by Gasteiger charge is -2.38. The minimum atomic E-state index is -0.279. The maximum absolute atomic E-state index is 13.7. The average molecular weight is 524 g/mol. The van der Waals surface area contributed by atoms with Crippen LogP contribution in [0.1, 0.15) is 61.1 Å². The first kappa shape index (κ1) is 25.5. The van der Waals surface area contributed by atoms with Crippen LogP contribution in [-0.2, 0) is 20.7 Å². The number of rotatable bonds is 9. The Morgan fingerprint density at radius 3 is 2.71 bits per heavy atom. The van der Waals surface area contributed by atoms with Crippen molar-refractivity contribution in [3.8, 4) is 0 Å². The first-order valence-electron chi connectivity index (χ1n) is 12.2. The number of fused-ring (bicyclic) bond motifs is 1. The minimum absolute atomic E-state index is 0.0335. The third kappa shape index (κ3) is 5.78. The molecule has 0 spiro atoms. The first-order valence-corrected chi connectivity index (χ1v) is 13.8. The van der Waals surface area contributed by atoms with Crippen LogP contribution in [-0.4, -0.2) is 54.5 Å². The van der Waals surface area contributed by atoms with Crippen LogP contribution >= 0.6 is 34.5 Å². The number of nitrogens with zero attached hydrogens (tertiary/aromatic N) is 2. The molecule has 0 radical (unpaired) electrons. The van der Waals surface area contributed by atoms with E-state index in [1.54, 1.807) is 22.3 Å². The van der Waals surface area contributed by atoms with E-state index >= 15 is 0 Å². The van der Waals surface area contributed by atoms with Crippen LogP contribution < -0.4 is 0 Å². The fourth-order valence-electron chi connectivity index (χ4n) is 5.10. The van der Waals surface area contributed by atoms with E-state index in [1.165, 1.54) is 4.88 Å². The average Bonchev–Trinajstić information content (AvgIpc) is 3.52. The number of ether oxygens (including phenoxy) is 1. The van der Waals surface area contributed by atoms with Crippen molar-refractivity contribution >= 4 is 46.4 Å². The highest BCUT2D eigenvalue weighted by molar-refractivity contribution is 7.10. The van der Waals surface area contributed by atoms with Crippen molar-refractivity contribution in [3.05, 3.63) is 55.7 Å². The molecule has 1 unspecified atom stereocenters. The van der Waals surface area contributed by atoms with Crippen LogP contribution in [0.3, 0.4) is 0 Å². The predicted octanol–water partition coefficient (Wildman–Crippen LogP) is 5.97. The van der Waals surface area contributed by atoms with Crippen LogP contribution in [0.25, 0.3) is 0 Å². The molecule has 0 N–H and O–H groups in total. The van der Waals surface area contributed by atoms with E-state index in [0.29, 0.717) is 36.3 Å². The van der Waals surface area contributed by atoms with Crippen LogP contribution in [0.15, 0.2) is 29.6 Å². The number of carbonyl (C=O) groups excluding carboxylic acids is 2. The van der Waals surface area contributed by atoms with E-state index in [2.05, 4.69) is 11.4 Å². The molecule has 1 saturated carbocycles. The molecular formula is C26H32Cl2N2O3S. The number of hydrogen-bond donors (Lipinski definition) is 0. The highest BCUT2D eigenvalue weighted by Crippen LogP contribution is 2.41. The molecule has 4 rings (SSSR count). The summed E-state index contributed by atoms with van der Waals surface area (Å²) in [5.41, 5.74) is 1.97. The van der Waals surface area contributed by atoms with E-state index in [-0.39, 0.29) is 30.3 Å². The van der Waals surface area contributed by atoms with Crippen LogP contribution in [0, 0.1) is 5.92 Å². The van der Waals surface area contributed by atoms with Gasteiger partial charge in [0.05, 0.1) is 12.6 Å². The molecule has 1 aliphatic heterocycles. The van der Waals surface area contributed by atoms with Gasteiger partial charge in [-0.3, -0.25) is 9.59 Å². The van der Waals surface area contributed by atoms with E-state index in [9.17, 15) is 9.59 Å². The molecule has 34 heavy (non-hydrogen) atoms. The fourth-order valence-corrected chi connectivity index (χ4v) is 6.51. The van der Waals surface area contributed by atoms with Gasteiger partial charge in [0, 0.05) is 47.1 Å². The summed E-state index contributed by atoms with van der Waals surface area (Å²) in [7, 11) is 0. The Labute approximate surface area is 216 Å². The van der Waals surface area contributed by atoms with E-state index < -0.39 is 0 Å². The molecule has 1 atom stereocenters. The Morgan fingerprint density at radius 2 is 1.97 bits per heavy atom. The molecule has 1 aliphatic carbocycles. The standard InChI is InChI=1S/C26H32Cl2N2O3S/c1-2-33-14-5-12-29(26(32)18-6-3-4-7-18)17-24(31)30-13-10-23-21(11-15-34-23)25(30)20-9-8-19(27)16-22(20)28/h8-9,11,15-16,18,25H,2-7,10,12-14,17H2,1H3. The lowest BCUT2D eigenvalue weighted by Crippen LogP contribution is -2.48. The molecule has 0 bridgehead atoms. The summed E-state index contributed by atoms with van der Waals surface area (Å²) in [5, 5.41) is 3.18.